The van der Waals surface area contributed by atoms with Crippen LogP contribution in [0.2, 0.25) is 5.02 Å². The van der Waals surface area contributed by atoms with Crippen molar-refractivity contribution in [2.75, 3.05) is 7.11 Å². The van der Waals surface area contributed by atoms with Crippen molar-refractivity contribution >= 4 is 40.0 Å². The number of halogens is 1. The average Bonchev–Trinajstić information content (AvgIpc) is 3.39. The number of ether oxygens (including phenoxy) is 1. The van der Waals surface area contributed by atoms with Crippen LogP contribution in [-0.4, -0.2) is 33.8 Å². The van der Waals surface area contributed by atoms with Gasteiger partial charge in [-0.05, 0) is 48.0 Å². The van der Waals surface area contributed by atoms with E-state index >= 15 is 0 Å². The molecule has 0 radical (unpaired) electrons. The summed E-state index contributed by atoms with van der Waals surface area (Å²) in [4.78, 5) is 31.2. The molecule has 5 rings (SSSR count). The van der Waals surface area contributed by atoms with E-state index in [2.05, 4.69) is 4.98 Å². The number of para-hydroxylation sites is 1. The normalized spacial score (nSPS) is 17.5. The van der Waals surface area contributed by atoms with Crippen molar-refractivity contribution in [3.05, 3.63) is 106 Å². The maximum Gasteiger partial charge on any atom is 0.295 e. The van der Waals surface area contributed by atoms with Crippen LogP contribution in [0.15, 0.2) is 84.6 Å². The van der Waals surface area contributed by atoms with Crippen LogP contribution in [0, 0.1) is 0 Å². The van der Waals surface area contributed by atoms with Gasteiger partial charge in [0.15, 0.2) is 0 Å². The number of fused-ring (bicyclic) bond motifs is 1. The highest BCUT2D eigenvalue weighted by atomic mass is 35.5. The van der Waals surface area contributed by atoms with Gasteiger partial charge in [0.25, 0.3) is 11.7 Å². The Labute approximate surface area is 201 Å². The zero-order valence-electron chi connectivity index (χ0n) is 18.3. The van der Waals surface area contributed by atoms with Gasteiger partial charge in [0.1, 0.15) is 11.5 Å². The Morgan fingerprint density at radius 3 is 2.44 bits per heavy atom. The summed E-state index contributed by atoms with van der Waals surface area (Å²) in [6, 6.07) is 20.7. The van der Waals surface area contributed by atoms with Crippen molar-refractivity contribution in [2.45, 2.75) is 12.6 Å². The van der Waals surface area contributed by atoms with Crippen LogP contribution in [0.1, 0.15) is 22.7 Å². The molecule has 2 N–H and O–H groups in total. The molecule has 1 unspecified atom stereocenters. The second kappa shape index (κ2) is 8.72. The number of H-pyrrole nitrogens is 1. The van der Waals surface area contributed by atoms with Crippen molar-refractivity contribution in [3.63, 3.8) is 0 Å². The Bertz CT molecular complexity index is 1420. The Morgan fingerprint density at radius 2 is 1.74 bits per heavy atom. The second-order valence-electron chi connectivity index (χ2n) is 8.07. The quantitative estimate of drug-likeness (QED) is 0.230. The summed E-state index contributed by atoms with van der Waals surface area (Å²) in [5, 5.41) is 12.6. The zero-order chi connectivity index (χ0) is 23.8. The van der Waals surface area contributed by atoms with Gasteiger partial charge >= 0.3 is 0 Å². The minimum absolute atomic E-state index is 0.0468. The molecule has 2 heterocycles. The summed E-state index contributed by atoms with van der Waals surface area (Å²) >= 11 is 6.00. The highest BCUT2D eigenvalue weighted by molar-refractivity contribution is 6.46. The molecule has 1 fully saturated rings. The molecule has 3 aromatic carbocycles. The lowest BCUT2D eigenvalue weighted by atomic mass is 9.95. The standard InChI is InChI=1S/C27H21ClN2O4/c1-34-19-12-6-16(7-13-19)15-30-24(21-14-29-22-5-3-2-4-20(21)22)23(26(32)27(30)33)25(31)17-8-10-18(28)11-9-17/h2-14,24,29,31H,15H2,1H3/b25-23+. The number of aromatic amines is 1. The van der Waals surface area contributed by atoms with Gasteiger partial charge in [-0.15, -0.1) is 0 Å². The maximum atomic E-state index is 13.3. The molecule has 0 spiro atoms. The third-order valence-electron chi connectivity index (χ3n) is 6.09. The summed E-state index contributed by atoms with van der Waals surface area (Å²) in [6.45, 7) is 0.191. The van der Waals surface area contributed by atoms with Crippen LogP contribution in [0.5, 0.6) is 5.75 Å². The predicted octanol–water partition coefficient (Wildman–Crippen LogP) is 5.45. The van der Waals surface area contributed by atoms with E-state index in [1.54, 1.807) is 49.7 Å². The maximum absolute atomic E-state index is 13.3. The van der Waals surface area contributed by atoms with Gasteiger partial charge in [0.2, 0.25) is 0 Å². The van der Waals surface area contributed by atoms with Crippen molar-refractivity contribution in [3.8, 4) is 5.75 Å². The second-order valence-corrected chi connectivity index (χ2v) is 8.51. The lowest BCUT2D eigenvalue weighted by Gasteiger charge is -2.25. The lowest BCUT2D eigenvalue weighted by Crippen LogP contribution is -2.29. The number of benzene rings is 3. The fourth-order valence-electron chi connectivity index (χ4n) is 4.38. The van der Waals surface area contributed by atoms with Crippen LogP contribution in [-0.2, 0) is 16.1 Å². The van der Waals surface area contributed by atoms with Crippen LogP contribution in [0.25, 0.3) is 16.7 Å². The van der Waals surface area contributed by atoms with E-state index in [-0.39, 0.29) is 17.9 Å². The first-order chi connectivity index (χ1) is 16.5. The number of nitrogens with one attached hydrogen (secondary N) is 1. The number of amides is 1. The number of hydrogen-bond donors (Lipinski definition) is 2. The number of carbonyl (C=O) groups is 2. The molecule has 1 aliphatic rings. The fourth-order valence-corrected chi connectivity index (χ4v) is 4.50. The monoisotopic (exact) mass is 472 g/mol. The molecule has 1 aliphatic heterocycles. The summed E-state index contributed by atoms with van der Waals surface area (Å²) in [7, 11) is 1.58. The largest absolute Gasteiger partial charge is 0.507 e. The molecule has 34 heavy (non-hydrogen) atoms. The SMILES string of the molecule is COc1ccc(CN2C(=O)C(=O)/C(=C(/O)c3ccc(Cl)cc3)C2c2c[nH]c3ccccc23)cc1. The van der Waals surface area contributed by atoms with Gasteiger partial charge < -0.3 is 19.7 Å². The molecule has 0 bridgehead atoms. The van der Waals surface area contributed by atoms with Gasteiger partial charge in [0.05, 0.1) is 18.7 Å². The molecule has 1 amide bonds. The van der Waals surface area contributed by atoms with Gasteiger partial charge in [-0.2, -0.15) is 0 Å². The Balaban J connectivity index is 1.67. The predicted molar refractivity (Wildman–Crippen MR) is 131 cm³/mol. The van der Waals surface area contributed by atoms with Gasteiger partial charge in [-0.1, -0.05) is 41.9 Å². The summed E-state index contributed by atoms with van der Waals surface area (Å²) < 4.78 is 5.22. The highest BCUT2D eigenvalue weighted by Gasteiger charge is 2.46. The van der Waals surface area contributed by atoms with Gasteiger partial charge in [-0.25, -0.2) is 0 Å². The Kier molecular flexibility index (Phi) is 5.59. The lowest BCUT2D eigenvalue weighted by molar-refractivity contribution is -0.140. The van der Waals surface area contributed by atoms with Crippen LogP contribution >= 0.6 is 11.6 Å². The fraction of sp³-hybridized carbons (Fsp3) is 0.111. The molecule has 4 aromatic rings. The first kappa shape index (κ1) is 21.8. The number of rotatable bonds is 5. The summed E-state index contributed by atoms with van der Waals surface area (Å²) in [6.07, 6.45) is 1.79. The van der Waals surface area contributed by atoms with Gasteiger partial charge in [-0.3, -0.25) is 9.59 Å². The van der Waals surface area contributed by atoms with E-state index < -0.39 is 17.7 Å². The highest BCUT2D eigenvalue weighted by Crippen LogP contribution is 2.42. The zero-order valence-corrected chi connectivity index (χ0v) is 19.0. The number of ketones is 1. The number of hydrogen-bond acceptors (Lipinski definition) is 4. The van der Waals surface area contributed by atoms with Crippen LogP contribution in [0.4, 0.5) is 0 Å². The number of aliphatic hydroxyl groups is 1. The molecule has 7 heteroatoms. The van der Waals surface area contributed by atoms with E-state index in [0.717, 1.165) is 22.0 Å². The van der Waals surface area contributed by atoms with Crippen molar-refractivity contribution < 1.29 is 19.4 Å². The summed E-state index contributed by atoms with van der Waals surface area (Å²) in [5.74, 6) is -0.929. The molecule has 1 saturated heterocycles. The number of methoxy groups -OCH3 is 1. The molecule has 6 nitrogen and oxygen atoms in total. The molecule has 1 atom stereocenters. The third-order valence-corrected chi connectivity index (χ3v) is 6.34. The number of Topliss-reactive ketones (excluding diaryl/α,β-unsaturated/α-hetero) is 1. The minimum Gasteiger partial charge on any atom is -0.507 e. The van der Waals surface area contributed by atoms with Crippen molar-refractivity contribution in [1.29, 1.82) is 0 Å². The smallest absolute Gasteiger partial charge is 0.295 e. The number of nitrogens with zero attached hydrogens (tertiary/aromatic N) is 1. The van der Waals surface area contributed by atoms with E-state index in [1.165, 1.54) is 4.90 Å². The molecule has 0 saturated carbocycles. The van der Waals surface area contributed by atoms with E-state index in [1.807, 2.05) is 36.4 Å². The molecular formula is C27H21ClN2O4. The first-order valence-corrected chi connectivity index (χ1v) is 11.1. The Morgan fingerprint density at radius 1 is 1.03 bits per heavy atom. The topological polar surface area (TPSA) is 82.6 Å². The number of aromatic nitrogens is 1. The van der Waals surface area contributed by atoms with Gasteiger partial charge in [0, 0.05) is 39.8 Å². The van der Waals surface area contributed by atoms with Crippen LogP contribution < -0.4 is 4.74 Å². The molecule has 0 aliphatic carbocycles. The third kappa shape index (κ3) is 3.72. The summed E-state index contributed by atoms with van der Waals surface area (Å²) in [5.41, 5.74) is 2.90. The molecule has 1 aromatic heterocycles. The molecular weight excluding hydrogens is 452 g/mol. The minimum atomic E-state index is -0.770. The van der Waals surface area contributed by atoms with E-state index in [4.69, 9.17) is 16.3 Å². The number of aliphatic hydroxyl groups excluding tert-OH is 1. The number of likely N-dealkylation sites (tertiary alicyclic amines) is 1. The van der Waals surface area contributed by atoms with Crippen molar-refractivity contribution in [2.24, 2.45) is 0 Å². The van der Waals surface area contributed by atoms with Crippen LogP contribution in [0.3, 0.4) is 0 Å². The van der Waals surface area contributed by atoms with Crippen molar-refractivity contribution in [1.82, 2.24) is 9.88 Å². The average molecular weight is 473 g/mol. The first-order valence-electron chi connectivity index (χ1n) is 10.7. The van der Waals surface area contributed by atoms with E-state index in [9.17, 15) is 14.7 Å². The van der Waals surface area contributed by atoms with E-state index in [0.29, 0.717) is 16.3 Å². The Hall–Kier alpha value is -4.03. The molecule has 170 valence electrons. The number of carbonyl (C=O) groups excluding carboxylic acids is 2.